The first-order valence-corrected chi connectivity index (χ1v) is 9.19. The van der Waals surface area contributed by atoms with Gasteiger partial charge in [0, 0.05) is 17.8 Å². The summed E-state index contributed by atoms with van der Waals surface area (Å²) < 4.78 is 15.4. The van der Waals surface area contributed by atoms with Crippen molar-refractivity contribution in [1.82, 2.24) is 9.55 Å². The SMILES string of the molecule is CCc1c(-c2ccc(F)cc2)ncn1Cc1cccc(-c2ccccc2)c1. The first-order valence-electron chi connectivity index (χ1n) is 9.19. The minimum Gasteiger partial charge on any atom is -0.330 e. The predicted octanol–water partition coefficient (Wildman–Crippen LogP) is 5.97. The van der Waals surface area contributed by atoms with E-state index in [0.717, 1.165) is 29.9 Å². The van der Waals surface area contributed by atoms with Crippen molar-refractivity contribution < 1.29 is 4.39 Å². The van der Waals surface area contributed by atoms with Crippen LogP contribution < -0.4 is 0 Å². The first-order chi connectivity index (χ1) is 13.2. The van der Waals surface area contributed by atoms with Crippen molar-refractivity contribution >= 4 is 0 Å². The molecule has 0 spiro atoms. The highest BCUT2D eigenvalue weighted by atomic mass is 19.1. The van der Waals surface area contributed by atoms with Gasteiger partial charge in [0.15, 0.2) is 0 Å². The quantitative estimate of drug-likeness (QED) is 0.431. The molecule has 0 radical (unpaired) electrons. The third kappa shape index (κ3) is 3.68. The normalized spacial score (nSPS) is 10.9. The van der Waals surface area contributed by atoms with Gasteiger partial charge >= 0.3 is 0 Å². The smallest absolute Gasteiger partial charge is 0.123 e. The lowest BCUT2D eigenvalue weighted by Crippen LogP contribution is -2.03. The van der Waals surface area contributed by atoms with Crippen molar-refractivity contribution in [3.63, 3.8) is 0 Å². The summed E-state index contributed by atoms with van der Waals surface area (Å²) in [5.74, 6) is -0.228. The summed E-state index contributed by atoms with van der Waals surface area (Å²) in [4.78, 5) is 4.60. The van der Waals surface area contributed by atoms with Crippen LogP contribution in [0.25, 0.3) is 22.4 Å². The van der Waals surface area contributed by atoms with E-state index in [-0.39, 0.29) is 5.82 Å². The van der Waals surface area contributed by atoms with Gasteiger partial charge in [-0.25, -0.2) is 9.37 Å². The molecule has 27 heavy (non-hydrogen) atoms. The van der Waals surface area contributed by atoms with Crippen molar-refractivity contribution in [2.45, 2.75) is 19.9 Å². The van der Waals surface area contributed by atoms with Gasteiger partial charge in [0.2, 0.25) is 0 Å². The van der Waals surface area contributed by atoms with E-state index in [4.69, 9.17) is 0 Å². The monoisotopic (exact) mass is 356 g/mol. The fourth-order valence-corrected chi connectivity index (χ4v) is 3.44. The largest absolute Gasteiger partial charge is 0.330 e. The first kappa shape index (κ1) is 17.2. The highest BCUT2D eigenvalue weighted by molar-refractivity contribution is 5.64. The molecule has 0 N–H and O–H groups in total. The van der Waals surface area contributed by atoms with Gasteiger partial charge in [-0.3, -0.25) is 0 Å². The maximum absolute atomic E-state index is 13.2. The van der Waals surface area contributed by atoms with Crippen LogP contribution in [0.3, 0.4) is 0 Å². The number of hydrogen-bond donors (Lipinski definition) is 0. The van der Waals surface area contributed by atoms with E-state index in [9.17, 15) is 4.39 Å². The average Bonchev–Trinajstić information content (AvgIpc) is 3.12. The highest BCUT2D eigenvalue weighted by Gasteiger charge is 2.12. The van der Waals surface area contributed by atoms with Crippen LogP contribution in [0.15, 0.2) is 85.2 Å². The van der Waals surface area contributed by atoms with Gasteiger partial charge in [-0.05, 0) is 53.4 Å². The Morgan fingerprint density at radius 3 is 2.30 bits per heavy atom. The fourth-order valence-electron chi connectivity index (χ4n) is 3.44. The molecule has 4 aromatic rings. The van der Waals surface area contributed by atoms with Crippen molar-refractivity contribution in [3.05, 3.63) is 102 Å². The zero-order chi connectivity index (χ0) is 18.6. The number of imidazole rings is 1. The molecule has 0 unspecified atom stereocenters. The van der Waals surface area contributed by atoms with Crippen LogP contribution in [-0.4, -0.2) is 9.55 Å². The molecule has 0 aliphatic heterocycles. The Bertz CT molecular complexity index is 1030. The van der Waals surface area contributed by atoms with Gasteiger partial charge in [-0.1, -0.05) is 55.5 Å². The molecule has 1 aromatic heterocycles. The fraction of sp³-hybridized carbons (Fsp3) is 0.125. The molecule has 3 heteroatoms. The molecule has 3 aromatic carbocycles. The van der Waals surface area contributed by atoms with Crippen LogP contribution in [0.4, 0.5) is 4.39 Å². The van der Waals surface area contributed by atoms with Crippen LogP contribution in [0.2, 0.25) is 0 Å². The van der Waals surface area contributed by atoms with Gasteiger partial charge in [0.25, 0.3) is 0 Å². The van der Waals surface area contributed by atoms with Gasteiger partial charge < -0.3 is 4.57 Å². The molecule has 0 aliphatic rings. The van der Waals surface area contributed by atoms with E-state index >= 15 is 0 Å². The molecule has 0 aliphatic carbocycles. The molecule has 0 fully saturated rings. The second-order valence-electron chi connectivity index (χ2n) is 6.59. The number of halogens is 1. The predicted molar refractivity (Wildman–Crippen MR) is 108 cm³/mol. The molecule has 0 bridgehead atoms. The minimum atomic E-state index is -0.228. The lowest BCUT2D eigenvalue weighted by Gasteiger charge is -2.10. The van der Waals surface area contributed by atoms with E-state index in [1.165, 1.54) is 28.8 Å². The van der Waals surface area contributed by atoms with Crippen LogP contribution in [0, 0.1) is 5.82 Å². The molecule has 2 nitrogen and oxygen atoms in total. The van der Waals surface area contributed by atoms with Gasteiger partial charge in [0.05, 0.1) is 12.0 Å². The number of aromatic nitrogens is 2. The zero-order valence-electron chi connectivity index (χ0n) is 15.3. The second kappa shape index (κ2) is 7.58. The maximum atomic E-state index is 13.2. The maximum Gasteiger partial charge on any atom is 0.123 e. The Morgan fingerprint density at radius 2 is 1.56 bits per heavy atom. The standard InChI is InChI=1S/C24H21FN2/c1-2-23-24(20-11-13-22(25)14-12-20)26-17-27(23)16-18-7-6-10-21(15-18)19-8-4-3-5-9-19/h3-15,17H,2,16H2,1H3. The van der Waals surface area contributed by atoms with Crippen molar-refractivity contribution in [2.75, 3.05) is 0 Å². The Hall–Kier alpha value is -3.20. The summed E-state index contributed by atoms with van der Waals surface area (Å²) in [6.07, 6.45) is 2.75. The summed E-state index contributed by atoms with van der Waals surface area (Å²) >= 11 is 0. The van der Waals surface area contributed by atoms with Crippen molar-refractivity contribution in [2.24, 2.45) is 0 Å². The Morgan fingerprint density at radius 1 is 0.815 bits per heavy atom. The van der Waals surface area contributed by atoms with E-state index in [0.29, 0.717) is 0 Å². The Kier molecular flexibility index (Phi) is 4.84. The van der Waals surface area contributed by atoms with Gasteiger partial charge in [-0.15, -0.1) is 0 Å². The van der Waals surface area contributed by atoms with Gasteiger partial charge in [0.1, 0.15) is 5.82 Å². The summed E-state index contributed by atoms with van der Waals surface area (Å²) in [5.41, 5.74) is 6.69. The van der Waals surface area contributed by atoms with Crippen LogP contribution in [0.5, 0.6) is 0 Å². The van der Waals surface area contributed by atoms with E-state index in [1.54, 1.807) is 12.1 Å². The molecule has 0 saturated heterocycles. The third-order valence-electron chi connectivity index (χ3n) is 4.79. The Balaban J connectivity index is 1.65. The molecule has 1 heterocycles. The lowest BCUT2D eigenvalue weighted by atomic mass is 10.0. The molecule has 4 rings (SSSR count). The number of rotatable bonds is 5. The number of nitrogens with zero attached hydrogens (tertiary/aromatic N) is 2. The zero-order valence-corrected chi connectivity index (χ0v) is 15.3. The van der Waals surface area contributed by atoms with E-state index in [1.807, 2.05) is 12.4 Å². The average molecular weight is 356 g/mol. The molecular formula is C24H21FN2. The van der Waals surface area contributed by atoms with E-state index in [2.05, 4.69) is 65.0 Å². The molecule has 0 saturated carbocycles. The van der Waals surface area contributed by atoms with Crippen LogP contribution in [-0.2, 0) is 13.0 Å². The second-order valence-corrected chi connectivity index (χ2v) is 6.59. The topological polar surface area (TPSA) is 17.8 Å². The van der Waals surface area contributed by atoms with Crippen LogP contribution in [0.1, 0.15) is 18.2 Å². The third-order valence-corrected chi connectivity index (χ3v) is 4.79. The molecule has 134 valence electrons. The molecule has 0 amide bonds. The lowest BCUT2D eigenvalue weighted by molar-refractivity contribution is 0.628. The van der Waals surface area contributed by atoms with Gasteiger partial charge in [-0.2, -0.15) is 0 Å². The number of hydrogen-bond acceptors (Lipinski definition) is 1. The van der Waals surface area contributed by atoms with Crippen molar-refractivity contribution in [1.29, 1.82) is 0 Å². The molecular weight excluding hydrogens is 335 g/mol. The van der Waals surface area contributed by atoms with Crippen LogP contribution >= 0.6 is 0 Å². The summed E-state index contributed by atoms with van der Waals surface area (Å²) in [5, 5.41) is 0. The summed E-state index contributed by atoms with van der Waals surface area (Å²) in [6, 6.07) is 25.5. The van der Waals surface area contributed by atoms with Crippen molar-refractivity contribution in [3.8, 4) is 22.4 Å². The van der Waals surface area contributed by atoms with E-state index < -0.39 is 0 Å². The molecule has 0 atom stereocenters. The Labute approximate surface area is 159 Å². The highest BCUT2D eigenvalue weighted by Crippen LogP contribution is 2.25. The number of benzene rings is 3. The summed E-state index contributed by atoms with van der Waals surface area (Å²) in [6.45, 7) is 2.89. The summed E-state index contributed by atoms with van der Waals surface area (Å²) in [7, 11) is 0. The minimum absolute atomic E-state index is 0.228.